The molecule has 0 aliphatic carbocycles. The summed E-state index contributed by atoms with van der Waals surface area (Å²) in [6, 6.07) is 0.217. The second-order valence-electron chi connectivity index (χ2n) is 5.54. The maximum Gasteiger partial charge on any atom is 0.233 e. The van der Waals surface area contributed by atoms with Crippen molar-refractivity contribution in [3.8, 4) is 0 Å². The van der Waals surface area contributed by atoms with E-state index in [2.05, 4.69) is 25.9 Å². The molecule has 1 aliphatic heterocycles. The number of nitrogens with zero attached hydrogens (tertiary/aromatic N) is 2. The molecule has 0 saturated carbocycles. The van der Waals surface area contributed by atoms with Crippen molar-refractivity contribution in [1.29, 1.82) is 0 Å². The minimum atomic E-state index is -0.505. The molecule has 4 atom stereocenters. The van der Waals surface area contributed by atoms with Gasteiger partial charge in [-0.1, -0.05) is 25.9 Å². The molecule has 18 heavy (non-hydrogen) atoms. The van der Waals surface area contributed by atoms with E-state index in [1.807, 2.05) is 11.8 Å². The zero-order chi connectivity index (χ0) is 13.9. The van der Waals surface area contributed by atoms with Gasteiger partial charge in [-0.2, -0.15) is 0 Å². The van der Waals surface area contributed by atoms with Gasteiger partial charge in [0, 0.05) is 12.6 Å². The number of likely N-dealkylation sites (tertiary alicyclic amines) is 1. The molecule has 1 saturated heterocycles. The van der Waals surface area contributed by atoms with Gasteiger partial charge in [0.15, 0.2) is 5.84 Å². The van der Waals surface area contributed by atoms with E-state index in [-0.39, 0.29) is 17.8 Å². The van der Waals surface area contributed by atoms with E-state index in [0.29, 0.717) is 18.3 Å². The van der Waals surface area contributed by atoms with Crippen molar-refractivity contribution in [2.24, 2.45) is 28.6 Å². The molecule has 5 heteroatoms. The molecule has 0 spiro atoms. The van der Waals surface area contributed by atoms with E-state index in [4.69, 9.17) is 10.9 Å². The standard InChI is InChI=1S/C13H25N3O2/c1-5-11(12(14)15-18)13(17)16-7-8(2)6-9(3)10(16)4/h8-11,18H,5-7H2,1-4H3,(H2,14,15). The minimum Gasteiger partial charge on any atom is -0.409 e. The SMILES string of the molecule is CCC(C(=O)N1CC(C)CC(C)C1C)C(N)=NO. The summed E-state index contributed by atoms with van der Waals surface area (Å²) in [4.78, 5) is 14.4. The lowest BCUT2D eigenvalue weighted by Gasteiger charge is -2.42. The van der Waals surface area contributed by atoms with Gasteiger partial charge in [0.25, 0.3) is 0 Å². The molecule has 104 valence electrons. The molecule has 4 unspecified atom stereocenters. The summed E-state index contributed by atoms with van der Waals surface area (Å²) < 4.78 is 0. The van der Waals surface area contributed by atoms with Crippen LogP contribution in [0.25, 0.3) is 0 Å². The summed E-state index contributed by atoms with van der Waals surface area (Å²) in [5.41, 5.74) is 5.60. The second kappa shape index (κ2) is 6.07. The van der Waals surface area contributed by atoms with Crippen LogP contribution in [-0.4, -0.2) is 34.4 Å². The van der Waals surface area contributed by atoms with E-state index in [1.54, 1.807) is 0 Å². The zero-order valence-electron chi connectivity index (χ0n) is 11.8. The fraction of sp³-hybridized carbons (Fsp3) is 0.846. The highest BCUT2D eigenvalue weighted by atomic mass is 16.4. The Morgan fingerprint density at radius 3 is 2.61 bits per heavy atom. The first kappa shape index (κ1) is 14.8. The molecule has 1 heterocycles. The highest BCUT2D eigenvalue weighted by Crippen LogP contribution is 2.28. The Hall–Kier alpha value is -1.26. The molecular weight excluding hydrogens is 230 g/mol. The van der Waals surface area contributed by atoms with Crippen molar-refractivity contribution in [1.82, 2.24) is 4.90 Å². The van der Waals surface area contributed by atoms with Crippen molar-refractivity contribution in [3.63, 3.8) is 0 Å². The predicted octanol–water partition coefficient (Wildman–Crippen LogP) is 1.65. The lowest BCUT2D eigenvalue weighted by molar-refractivity contribution is -0.139. The van der Waals surface area contributed by atoms with Crippen LogP contribution in [0, 0.1) is 17.8 Å². The largest absolute Gasteiger partial charge is 0.409 e. The highest BCUT2D eigenvalue weighted by molar-refractivity contribution is 6.02. The molecule has 0 aromatic rings. The maximum absolute atomic E-state index is 12.5. The van der Waals surface area contributed by atoms with E-state index < -0.39 is 5.92 Å². The summed E-state index contributed by atoms with van der Waals surface area (Å²) in [5.74, 6) is 0.488. The van der Waals surface area contributed by atoms with Crippen LogP contribution in [0.5, 0.6) is 0 Å². The number of hydrogen-bond acceptors (Lipinski definition) is 3. The van der Waals surface area contributed by atoms with Crippen LogP contribution in [0.4, 0.5) is 0 Å². The average molecular weight is 255 g/mol. The average Bonchev–Trinajstić information content (AvgIpc) is 2.34. The number of amides is 1. The van der Waals surface area contributed by atoms with E-state index in [9.17, 15) is 4.79 Å². The van der Waals surface area contributed by atoms with Crippen LogP contribution in [-0.2, 0) is 4.79 Å². The molecule has 1 rings (SSSR count). The van der Waals surface area contributed by atoms with Crippen LogP contribution in [0.1, 0.15) is 40.5 Å². The summed E-state index contributed by atoms with van der Waals surface area (Å²) >= 11 is 0. The van der Waals surface area contributed by atoms with Crippen LogP contribution >= 0.6 is 0 Å². The third kappa shape index (κ3) is 2.94. The molecular formula is C13H25N3O2. The van der Waals surface area contributed by atoms with Gasteiger partial charge in [-0.15, -0.1) is 0 Å². The molecule has 0 radical (unpaired) electrons. The van der Waals surface area contributed by atoms with Gasteiger partial charge in [0.1, 0.15) is 0 Å². The summed E-state index contributed by atoms with van der Waals surface area (Å²) in [6.45, 7) is 9.05. The number of oxime groups is 1. The van der Waals surface area contributed by atoms with Gasteiger partial charge < -0.3 is 15.8 Å². The van der Waals surface area contributed by atoms with Crippen LogP contribution in [0.2, 0.25) is 0 Å². The summed E-state index contributed by atoms with van der Waals surface area (Å²) in [7, 11) is 0. The topological polar surface area (TPSA) is 78.9 Å². The molecule has 3 N–H and O–H groups in total. The fourth-order valence-corrected chi connectivity index (χ4v) is 2.79. The van der Waals surface area contributed by atoms with Gasteiger partial charge in [0.2, 0.25) is 5.91 Å². The smallest absolute Gasteiger partial charge is 0.233 e. The van der Waals surface area contributed by atoms with Gasteiger partial charge >= 0.3 is 0 Å². The quantitative estimate of drug-likeness (QED) is 0.348. The molecule has 0 aromatic heterocycles. The van der Waals surface area contributed by atoms with E-state index in [1.165, 1.54) is 0 Å². The van der Waals surface area contributed by atoms with Crippen molar-refractivity contribution in [3.05, 3.63) is 0 Å². The number of amidine groups is 1. The first-order chi connectivity index (χ1) is 8.42. The number of carbonyl (C=O) groups excluding carboxylic acids is 1. The van der Waals surface area contributed by atoms with Gasteiger partial charge in [-0.25, -0.2) is 0 Å². The molecule has 0 aromatic carbocycles. The lowest BCUT2D eigenvalue weighted by atomic mass is 9.85. The minimum absolute atomic E-state index is 0.0144. The lowest BCUT2D eigenvalue weighted by Crippen LogP contribution is -2.52. The molecule has 1 fully saturated rings. The third-order valence-corrected chi connectivity index (χ3v) is 4.06. The van der Waals surface area contributed by atoms with Crippen LogP contribution in [0.3, 0.4) is 0 Å². The Labute approximate surface area is 109 Å². The van der Waals surface area contributed by atoms with Crippen molar-refractivity contribution in [2.45, 2.75) is 46.6 Å². The summed E-state index contributed by atoms with van der Waals surface area (Å²) in [5, 5.41) is 11.7. The monoisotopic (exact) mass is 255 g/mol. The maximum atomic E-state index is 12.5. The first-order valence-corrected chi connectivity index (χ1v) is 6.70. The summed E-state index contributed by atoms with van der Waals surface area (Å²) in [6.07, 6.45) is 1.70. The molecule has 0 bridgehead atoms. The Morgan fingerprint density at radius 1 is 1.50 bits per heavy atom. The van der Waals surface area contributed by atoms with E-state index in [0.717, 1.165) is 13.0 Å². The van der Waals surface area contributed by atoms with Gasteiger partial charge in [-0.05, 0) is 31.6 Å². The fourth-order valence-electron chi connectivity index (χ4n) is 2.79. The Balaban J connectivity index is 2.87. The number of piperidine rings is 1. The first-order valence-electron chi connectivity index (χ1n) is 6.70. The normalized spacial score (nSPS) is 31.2. The van der Waals surface area contributed by atoms with Crippen molar-refractivity contribution >= 4 is 11.7 Å². The Bertz CT molecular complexity index is 330. The van der Waals surface area contributed by atoms with Crippen LogP contribution < -0.4 is 5.73 Å². The Morgan fingerprint density at radius 2 is 2.11 bits per heavy atom. The van der Waals surface area contributed by atoms with E-state index >= 15 is 0 Å². The molecule has 1 amide bonds. The zero-order valence-corrected chi connectivity index (χ0v) is 11.8. The Kier molecular flexibility index (Phi) is 4.99. The van der Waals surface area contributed by atoms with Crippen molar-refractivity contribution < 1.29 is 10.0 Å². The number of carbonyl (C=O) groups is 1. The number of nitrogens with two attached hydrogens (primary N) is 1. The highest BCUT2D eigenvalue weighted by Gasteiger charge is 2.35. The second-order valence-corrected chi connectivity index (χ2v) is 5.54. The van der Waals surface area contributed by atoms with Crippen LogP contribution in [0.15, 0.2) is 5.16 Å². The third-order valence-electron chi connectivity index (χ3n) is 4.06. The van der Waals surface area contributed by atoms with Gasteiger partial charge in [0.05, 0.1) is 5.92 Å². The predicted molar refractivity (Wildman–Crippen MR) is 71.3 cm³/mol. The number of hydrogen-bond donors (Lipinski definition) is 2. The van der Waals surface area contributed by atoms with Gasteiger partial charge in [-0.3, -0.25) is 4.79 Å². The molecule has 5 nitrogen and oxygen atoms in total. The van der Waals surface area contributed by atoms with Crippen molar-refractivity contribution in [2.75, 3.05) is 6.54 Å². The number of rotatable bonds is 3. The molecule has 1 aliphatic rings.